The Bertz CT molecular complexity index is 1120. The Morgan fingerprint density at radius 3 is 2.70 bits per heavy atom. The minimum Gasteiger partial charge on any atom is -0.507 e. The molecule has 1 aliphatic heterocycles. The number of halogens is 1. The average Bonchev–Trinajstić information content (AvgIpc) is 2.72. The summed E-state index contributed by atoms with van der Waals surface area (Å²) in [6, 6.07) is 16.9. The zero-order chi connectivity index (χ0) is 20.7. The molecular formula is C25H24ClNO3. The summed E-state index contributed by atoms with van der Waals surface area (Å²) >= 11 is 6.22. The molecule has 1 fully saturated rings. The Balaban J connectivity index is 1.32. The van der Waals surface area contributed by atoms with Gasteiger partial charge in [0.15, 0.2) is 0 Å². The van der Waals surface area contributed by atoms with E-state index >= 15 is 0 Å². The molecule has 0 radical (unpaired) electrons. The summed E-state index contributed by atoms with van der Waals surface area (Å²) in [6.07, 6.45) is 5.01. The number of fused-ring (bicyclic) bond motifs is 2. The van der Waals surface area contributed by atoms with Crippen molar-refractivity contribution in [3.05, 3.63) is 70.7 Å². The lowest BCUT2D eigenvalue weighted by atomic mass is 9.73. The monoisotopic (exact) mass is 421 g/mol. The molecule has 2 N–H and O–H groups in total. The van der Waals surface area contributed by atoms with E-state index in [-0.39, 0.29) is 23.3 Å². The molecule has 0 unspecified atom stereocenters. The third-order valence-corrected chi connectivity index (χ3v) is 6.70. The fourth-order valence-electron chi connectivity index (χ4n) is 4.73. The number of carbonyl (C=O) groups excluding carboxylic acids is 1. The van der Waals surface area contributed by atoms with Gasteiger partial charge in [0.05, 0.1) is 6.04 Å². The number of aryl methyl sites for hydroxylation is 1. The molecule has 4 nitrogen and oxygen atoms in total. The van der Waals surface area contributed by atoms with Gasteiger partial charge in [0, 0.05) is 28.8 Å². The Morgan fingerprint density at radius 2 is 1.93 bits per heavy atom. The van der Waals surface area contributed by atoms with Crippen molar-refractivity contribution in [3.8, 4) is 11.5 Å². The summed E-state index contributed by atoms with van der Waals surface area (Å²) in [7, 11) is 0. The Kier molecular flexibility index (Phi) is 4.82. The van der Waals surface area contributed by atoms with Crippen LogP contribution in [0.15, 0.2) is 54.6 Å². The Labute approximate surface area is 180 Å². The van der Waals surface area contributed by atoms with Crippen LogP contribution in [0.1, 0.15) is 49.3 Å². The highest BCUT2D eigenvalue weighted by atomic mass is 35.5. The molecule has 0 aromatic heterocycles. The zero-order valence-electron chi connectivity index (χ0n) is 16.7. The summed E-state index contributed by atoms with van der Waals surface area (Å²) in [5, 5.41) is 15.8. The summed E-state index contributed by atoms with van der Waals surface area (Å²) in [6.45, 7) is 0. The van der Waals surface area contributed by atoms with Crippen molar-refractivity contribution < 1.29 is 14.6 Å². The lowest BCUT2D eigenvalue weighted by molar-refractivity contribution is -0.123. The van der Waals surface area contributed by atoms with Crippen LogP contribution in [0.25, 0.3) is 10.8 Å². The molecule has 3 aromatic carbocycles. The van der Waals surface area contributed by atoms with Crippen LogP contribution in [0, 0.1) is 0 Å². The van der Waals surface area contributed by atoms with Crippen LogP contribution >= 0.6 is 11.6 Å². The van der Waals surface area contributed by atoms with Gasteiger partial charge in [-0.1, -0.05) is 41.9 Å². The van der Waals surface area contributed by atoms with Crippen LogP contribution < -0.4 is 10.1 Å². The fourth-order valence-corrected chi connectivity index (χ4v) is 4.91. The zero-order valence-corrected chi connectivity index (χ0v) is 17.4. The second kappa shape index (κ2) is 7.51. The van der Waals surface area contributed by atoms with Crippen molar-refractivity contribution in [1.82, 2.24) is 5.32 Å². The van der Waals surface area contributed by atoms with E-state index in [1.807, 2.05) is 48.5 Å². The molecule has 1 amide bonds. The van der Waals surface area contributed by atoms with E-state index in [2.05, 4.69) is 5.32 Å². The SMILES string of the molecule is O=C(CCc1ccc(O)c2ccccc12)N[C@H]1CC2(CCC2)Oc2ccc(Cl)cc21. The summed E-state index contributed by atoms with van der Waals surface area (Å²) in [5.41, 5.74) is 1.87. The molecule has 154 valence electrons. The first-order chi connectivity index (χ1) is 14.5. The third-order valence-electron chi connectivity index (χ3n) is 6.46. The van der Waals surface area contributed by atoms with Crippen LogP contribution in [0.5, 0.6) is 11.5 Å². The number of rotatable bonds is 4. The van der Waals surface area contributed by atoms with E-state index in [9.17, 15) is 9.90 Å². The molecule has 1 saturated carbocycles. The van der Waals surface area contributed by atoms with Gasteiger partial charge in [0.25, 0.3) is 0 Å². The number of ether oxygens (including phenoxy) is 1. The van der Waals surface area contributed by atoms with Gasteiger partial charge in [-0.05, 0) is 60.9 Å². The number of phenolic OH excluding ortho intramolecular Hbond substituents is 1. The summed E-state index contributed by atoms with van der Waals surface area (Å²) in [4.78, 5) is 12.9. The highest BCUT2D eigenvalue weighted by Gasteiger charge is 2.45. The molecule has 0 saturated heterocycles. The van der Waals surface area contributed by atoms with Gasteiger partial charge >= 0.3 is 0 Å². The van der Waals surface area contributed by atoms with Crippen molar-refractivity contribution in [2.45, 2.75) is 50.2 Å². The van der Waals surface area contributed by atoms with Crippen LogP contribution in [-0.4, -0.2) is 16.6 Å². The lowest BCUT2D eigenvalue weighted by Gasteiger charge is -2.48. The number of hydrogen-bond acceptors (Lipinski definition) is 3. The van der Waals surface area contributed by atoms with Crippen molar-refractivity contribution in [2.24, 2.45) is 0 Å². The van der Waals surface area contributed by atoms with Gasteiger partial charge in [-0.2, -0.15) is 0 Å². The molecule has 1 spiro atoms. The molecule has 5 heteroatoms. The van der Waals surface area contributed by atoms with Crippen molar-refractivity contribution in [3.63, 3.8) is 0 Å². The quantitative estimate of drug-likeness (QED) is 0.568. The highest BCUT2D eigenvalue weighted by Crippen LogP contribution is 2.49. The maximum atomic E-state index is 12.9. The van der Waals surface area contributed by atoms with Crippen molar-refractivity contribution in [2.75, 3.05) is 0 Å². The van der Waals surface area contributed by atoms with Crippen LogP contribution in [0.4, 0.5) is 0 Å². The minimum atomic E-state index is -0.147. The summed E-state index contributed by atoms with van der Waals surface area (Å²) < 4.78 is 6.28. The standard InChI is InChI=1S/C25H24ClNO3/c26-17-8-10-23-20(14-17)21(15-25(30-23)12-3-13-25)27-24(29)11-7-16-6-9-22(28)19-5-2-1-4-18(16)19/h1-2,4-6,8-10,14,21,28H,3,7,11-13,15H2,(H,27,29)/t21-/m0/s1. The molecular weight excluding hydrogens is 398 g/mol. The smallest absolute Gasteiger partial charge is 0.220 e. The number of nitrogens with one attached hydrogen (secondary N) is 1. The summed E-state index contributed by atoms with van der Waals surface area (Å²) in [5.74, 6) is 1.11. The van der Waals surface area contributed by atoms with Crippen LogP contribution in [0.2, 0.25) is 5.02 Å². The maximum absolute atomic E-state index is 12.9. The van der Waals surface area contributed by atoms with Crippen LogP contribution in [-0.2, 0) is 11.2 Å². The predicted molar refractivity (Wildman–Crippen MR) is 118 cm³/mol. The molecule has 5 rings (SSSR count). The molecule has 2 aliphatic rings. The third kappa shape index (κ3) is 3.50. The Morgan fingerprint density at radius 1 is 1.13 bits per heavy atom. The van der Waals surface area contributed by atoms with Gasteiger partial charge in [-0.25, -0.2) is 0 Å². The first-order valence-electron chi connectivity index (χ1n) is 10.5. The van der Waals surface area contributed by atoms with Gasteiger partial charge in [0.2, 0.25) is 5.91 Å². The lowest BCUT2D eigenvalue weighted by Crippen LogP contribution is -2.49. The van der Waals surface area contributed by atoms with E-state index in [1.165, 1.54) is 0 Å². The minimum absolute atomic E-state index is 0.0134. The molecule has 3 aromatic rings. The van der Waals surface area contributed by atoms with Crippen LogP contribution in [0.3, 0.4) is 0 Å². The molecule has 30 heavy (non-hydrogen) atoms. The Hall–Kier alpha value is -2.72. The number of phenols is 1. The number of aromatic hydroxyl groups is 1. The molecule has 1 atom stereocenters. The van der Waals surface area contributed by atoms with Gasteiger partial charge in [-0.3, -0.25) is 4.79 Å². The van der Waals surface area contributed by atoms with E-state index in [4.69, 9.17) is 16.3 Å². The van der Waals surface area contributed by atoms with Crippen molar-refractivity contribution in [1.29, 1.82) is 0 Å². The van der Waals surface area contributed by atoms with E-state index in [0.717, 1.165) is 53.3 Å². The second-order valence-corrected chi connectivity index (χ2v) is 8.87. The van der Waals surface area contributed by atoms with Crippen molar-refractivity contribution >= 4 is 28.3 Å². The highest BCUT2D eigenvalue weighted by molar-refractivity contribution is 6.30. The average molecular weight is 422 g/mol. The molecule has 1 aliphatic carbocycles. The topological polar surface area (TPSA) is 58.6 Å². The predicted octanol–water partition coefficient (Wildman–Crippen LogP) is 5.69. The van der Waals surface area contributed by atoms with E-state index in [1.54, 1.807) is 6.07 Å². The van der Waals surface area contributed by atoms with E-state index < -0.39 is 0 Å². The van der Waals surface area contributed by atoms with Gasteiger partial charge in [0.1, 0.15) is 17.1 Å². The number of benzene rings is 3. The van der Waals surface area contributed by atoms with Gasteiger partial charge in [-0.15, -0.1) is 0 Å². The molecule has 1 heterocycles. The number of amides is 1. The largest absolute Gasteiger partial charge is 0.507 e. The maximum Gasteiger partial charge on any atom is 0.220 e. The first-order valence-corrected chi connectivity index (χ1v) is 10.9. The van der Waals surface area contributed by atoms with Gasteiger partial charge < -0.3 is 15.2 Å². The first kappa shape index (κ1) is 19.3. The van der Waals surface area contributed by atoms with E-state index in [0.29, 0.717) is 17.9 Å². The number of hydrogen-bond donors (Lipinski definition) is 2. The fraction of sp³-hybridized carbons (Fsp3) is 0.320. The normalized spacial score (nSPS) is 19.0. The number of carbonyl (C=O) groups is 1. The second-order valence-electron chi connectivity index (χ2n) is 8.43. The molecule has 0 bridgehead atoms.